The first-order chi connectivity index (χ1) is 7.91. The fraction of sp³-hybridized carbons (Fsp3) is 0.833. The molecule has 2 aliphatic carbocycles. The minimum atomic E-state index is -1.03. The lowest BCUT2D eigenvalue weighted by atomic mass is 9.75. The van der Waals surface area contributed by atoms with E-state index in [0.29, 0.717) is 12.8 Å². The molecule has 5 heteroatoms. The second kappa shape index (κ2) is 3.98. The highest BCUT2D eigenvalue weighted by Gasteiger charge is 2.50. The third kappa shape index (κ3) is 1.82. The summed E-state index contributed by atoms with van der Waals surface area (Å²) in [6, 6.07) is -0.159. The highest BCUT2D eigenvalue weighted by molar-refractivity contribution is 5.91. The lowest BCUT2D eigenvalue weighted by Crippen LogP contribution is -2.63. The SMILES string of the molecule is CC1(C(=O)NC2(C(=O)O)CCC2)CCCC1N. The quantitative estimate of drug-likeness (QED) is 0.674. The Balaban J connectivity index is 2.08. The van der Waals surface area contributed by atoms with E-state index in [1.165, 1.54) is 0 Å². The summed E-state index contributed by atoms with van der Waals surface area (Å²) in [5, 5.41) is 11.9. The van der Waals surface area contributed by atoms with Gasteiger partial charge in [0.15, 0.2) is 0 Å². The minimum absolute atomic E-state index is 0.159. The van der Waals surface area contributed by atoms with Crippen molar-refractivity contribution in [2.45, 2.75) is 57.0 Å². The maximum Gasteiger partial charge on any atom is 0.329 e. The van der Waals surface area contributed by atoms with Crippen LogP contribution in [0.4, 0.5) is 0 Å². The monoisotopic (exact) mass is 240 g/mol. The summed E-state index contributed by atoms with van der Waals surface area (Å²) in [7, 11) is 0. The molecular weight excluding hydrogens is 220 g/mol. The molecule has 1 amide bonds. The summed E-state index contributed by atoms with van der Waals surface area (Å²) in [4.78, 5) is 23.4. The number of carboxylic acid groups (broad SMARTS) is 1. The molecule has 96 valence electrons. The summed E-state index contributed by atoms with van der Waals surface area (Å²) in [6.45, 7) is 1.84. The van der Waals surface area contributed by atoms with Crippen molar-refractivity contribution in [3.8, 4) is 0 Å². The van der Waals surface area contributed by atoms with Crippen LogP contribution in [-0.4, -0.2) is 28.6 Å². The van der Waals surface area contributed by atoms with Gasteiger partial charge < -0.3 is 16.2 Å². The Morgan fingerprint density at radius 1 is 1.29 bits per heavy atom. The van der Waals surface area contributed by atoms with Crippen LogP contribution >= 0.6 is 0 Å². The van der Waals surface area contributed by atoms with Gasteiger partial charge in [-0.1, -0.05) is 6.42 Å². The third-order valence-electron chi connectivity index (χ3n) is 4.52. The Kier molecular flexibility index (Phi) is 2.89. The first kappa shape index (κ1) is 12.4. The second-order valence-electron chi connectivity index (χ2n) is 5.61. The first-order valence-electron chi connectivity index (χ1n) is 6.22. The van der Waals surface area contributed by atoms with Gasteiger partial charge in [-0.15, -0.1) is 0 Å². The molecule has 0 saturated heterocycles. The van der Waals surface area contributed by atoms with Crippen LogP contribution in [0.25, 0.3) is 0 Å². The zero-order valence-electron chi connectivity index (χ0n) is 10.2. The number of hydrogen-bond acceptors (Lipinski definition) is 3. The minimum Gasteiger partial charge on any atom is -0.480 e. The highest BCUT2D eigenvalue weighted by Crippen LogP contribution is 2.39. The molecule has 0 aliphatic heterocycles. The molecule has 2 fully saturated rings. The van der Waals surface area contributed by atoms with Crippen LogP contribution in [0.1, 0.15) is 45.4 Å². The number of nitrogens with one attached hydrogen (secondary N) is 1. The van der Waals surface area contributed by atoms with Gasteiger partial charge in [0.25, 0.3) is 0 Å². The lowest BCUT2D eigenvalue weighted by Gasteiger charge is -2.41. The number of amides is 1. The van der Waals surface area contributed by atoms with Gasteiger partial charge in [-0.2, -0.15) is 0 Å². The van der Waals surface area contributed by atoms with E-state index in [1.807, 2.05) is 6.92 Å². The average Bonchev–Trinajstić information content (AvgIpc) is 2.53. The zero-order valence-corrected chi connectivity index (χ0v) is 10.2. The highest BCUT2D eigenvalue weighted by atomic mass is 16.4. The van der Waals surface area contributed by atoms with Crippen LogP contribution in [0.15, 0.2) is 0 Å². The van der Waals surface area contributed by atoms with Crippen LogP contribution in [0, 0.1) is 5.41 Å². The predicted molar refractivity (Wildman–Crippen MR) is 62.3 cm³/mol. The molecule has 0 bridgehead atoms. The van der Waals surface area contributed by atoms with Crippen molar-refractivity contribution in [3.05, 3.63) is 0 Å². The van der Waals surface area contributed by atoms with Crippen molar-refractivity contribution < 1.29 is 14.7 Å². The summed E-state index contributed by atoms with van der Waals surface area (Å²) in [6.07, 6.45) is 4.43. The molecule has 0 aromatic rings. The van der Waals surface area contributed by atoms with Gasteiger partial charge in [-0.25, -0.2) is 4.79 Å². The Hall–Kier alpha value is -1.10. The molecule has 2 aliphatic rings. The molecule has 2 saturated carbocycles. The van der Waals surface area contributed by atoms with Crippen LogP contribution in [0.3, 0.4) is 0 Å². The van der Waals surface area contributed by atoms with Crippen molar-refractivity contribution in [3.63, 3.8) is 0 Å². The van der Waals surface area contributed by atoms with E-state index >= 15 is 0 Å². The van der Waals surface area contributed by atoms with Crippen LogP contribution in [-0.2, 0) is 9.59 Å². The van der Waals surface area contributed by atoms with E-state index in [1.54, 1.807) is 0 Å². The van der Waals surface area contributed by atoms with Crippen LogP contribution in [0.2, 0.25) is 0 Å². The van der Waals surface area contributed by atoms with E-state index in [0.717, 1.165) is 25.7 Å². The molecule has 2 rings (SSSR count). The number of carboxylic acids is 1. The maximum atomic E-state index is 12.2. The van der Waals surface area contributed by atoms with Crippen molar-refractivity contribution in [1.82, 2.24) is 5.32 Å². The lowest BCUT2D eigenvalue weighted by molar-refractivity contribution is -0.153. The molecule has 0 heterocycles. The molecule has 5 nitrogen and oxygen atoms in total. The Morgan fingerprint density at radius 3 is 2.29 bits per heavy atom. The summed E-state index contributed by atoms with van der Waals surface area (Å²) in [5.74, 6) is -1.11. The van der Waals surface area contributed by atoms with Gasteiger partial charge in [0.2, 0.25) is 5.91 Å². The van der Waals surface area contributed by atoms with E-state index in [-0.39, 0.29) is 11.9 Å². The maximum absolute atomic E-state index is 12.2. The smallest absolute Gasteiger partial charge is 0.329 e. The molecule has 0 spiro atoms. The summed E-state index contributed by atoms with van der Waals surface area (Å²) < 4.78 is 0. The fourth-order valence-corrected chi connectivity index (χ4v) is 2.76. The predicted octanol–water partition coefficient (Wildman–Crippen LogP) is 0.627. The van der Waals surface area contributed by atoms with Gasteiger partial charge in [-0.05, 0) is 39.0 Å². The number of carbonyl (C=O) groups excluding carboxylic acids is 1. The topological polar surface area (TPSA) is 92.4 Å². The Labute approximate surface area is 101 Å². The van der Waals surface area contributed by atoms with E-state index in [2.05, 4.69) is 5.32 Å². The number of aliphatic carboxylic acids is 1. The van der Waals surface area contributed by atoms with Crippen LogP contribution < -0.4 is 11.1 Å². The van der Waals surface area contributed by atoms with Gasteiger partial charge in [-0.3, -0.25) is 4.79 Å². The van der Waals surface area contributed by atoms with Gasteiger partial charge in [0, 0.05) is 6.04 Å². The number of rotatable bonds is 3. The van der Waals surface area contributed by atoms with E-state index < -0.39 is 16.9 Å². The molecule has 2 atom stereocenters. The number of hydrogen-bond donors (Lipinski definition) is 3. The first-order valence-corrected chi connectivity index (χ1v) is 6.22. The van der Waals surface area contributed by atoms with Gasteiger partial charge in [0.1, 0.15) is 5.54 Å². The van der Waals surface area contributed by atoms with Crippen molar-refractivity contribution >= 4 is 11.9 Å². The fourth-order valence-electron chi connectivity index (χ4n) is 2.76. The summed E-state index contributed by atoms with van der Waals surface area (Å²) in [5.41, 5.74) is 4.34. The van der Waals surface area contributed by atoms with Crippen molar-refractivity contribution in [2.24, 2.45) is 11.1 Å². The molecular formula is C12H20N2O3. The molecule has 0 aromatic heterocycles. The standard InChI is InChI=1S/C12H20N2O3/c1-11(5-2-4-8(11)13)9(15)14-12(10(16)17)6-3-7-12/h8H,2-7,13H2,1H3,(H,14,15)(H,16,17). The molecule has 0 radical (unpaired) electrons. The Bertz CT molecular complexity index is 352. The molecule has 0 aromatic carbocycles. The van der Waals surface area contributed by atoms with E-state index in [4.69, 9.17) is 5.73 Å². The largest absolute Gasteiger partial charge is 0.480 e. The van der Waals surface area contributed by atoms with Crippen molar-refractivity contribution in [1.29, 1.82) is 0 Å². The normalized spacial score (nSPS) is 35.1. The number of carbonyl (C=O) groups is 2. The molecule has 2 unspecified atom stereocenters. The van der Waals surface area contributed by atoms with Gasteiger partial charge >= 0.3 is 5.97 Å². The summed E-state index contributed by atoms with van der Waals surface area (Å²) >= 11 is 0. The second-order valence-corrected chi connectivity index (χ2v) is 5.61. The Morgan fingerprint density at radius 2 is 1.94 bits per heavy atom. The molecule has 4 N–H and O–H groups in total. The molecule has 17 heavy (non-hydrogen) atoms. The van der Waals surface area contributed by atoms with Gasteiger partial charge in [0.05, 0.1) is 5.41 Å². The third-order valence-corrected chi connectivity index (χ3v) is 4.52. The van der Waals surface area contributed by atoms with Crippen LogP contribution in [0.5, 0.6) is 0 Å². The van der Waals surface area contributed by atoms with E-state index in [9.17, 15) is 14.7 Å². The zero-order chi connectivity index (χ0) is 12.7. The average molecular weight is 240 g/mol. The number of nitrogens with two attached hydrogens (primary N) is 1. The van der Waals surface area contributed by atoms with Crippen molar-refractivity contribution in [2.75, 3.05) is 0 Å².